The van der Waals surface area contributed by atoms with Gasteiger partial charge in [0.05, 0.1) is 0 Å². The van der Waals surface area contributed by atoms with E-state index in [1.54, 1.807) is 0 Å². The summed E-state index contributed by atoms with van der Waals surface area (Å²) < 4.78 is 57.1. The first-order chi connectivity index (χ1) is 13.6. The van der Waals surface area contributed by atoms with E-state index in [0.717, 1.165) is 0 Å². The van der Waals surface area contributed by atoms with E-state index in [2.05, 4.69) is 97.1 Å². The number of benzene rings is 4. The molecule has 31 heavy (non-hydrogen) atoms. The van der Waals surface area contributed by atoms with Crippen molar-refractivity contribution < 1.29 is 85.1 Å². The minimum Gasteiger partial charge on any atom is -0.747 e. The maximum Gasteiger partial charge on any atom is 1.00 e. The van der Waals surface area contributed by atoms with Crippen LogP contribution in [-0.2, 0) is 20.2 Å². The summed E-state index contributed by atoms with van der Waals surface area (Å²) in [6.45, 7) is 0. The summed E-state index contributed by atoms with van der Waals surface area (Å²) in [5, 5.41) is 3.37. The molecule has 0 saturated heterocycles. The number of rotatable bonds is 2. The summed E-state index contributed by atoms with van der Waals surface area (Å²) in [6, 6.07) is 33.4. The quantitative estimate of drug-likeness (QED) is 0.238. The van der Waals surface area contributed by atoms with Crippen molar-refractivity contribution in [2.75, 3.05) is 5.08 Å². The fraction of sp³-hybridized carbons (Fsp3) is 0.0476. The maximum atomic E-state index is 9.51. The predicted molar refractivity (Wildman–Crippen MR) is 112 cm³/mol. The molecule has 4 rings (SSSR count). The minimum absolute atomic E-state index is 0. The van der Waals surface area contributed by atoms with Crippen LogP contribution in [0.2, 0.25) is 0 Å². The first-order valence-electron chi connectivity index (χ1n) is 8.39. The number of hydrogen-bond donors (Lipinski definition) is 0. The SMILES string of the molecule is O=S(=O)([O-])CS(=O)(=O)[O-].[Na+].[Na+].c1ccc2ccccc2c1.c1ccc2ccccc2c1. The van der Waals surface area contributed by atoms with Crippen LogP contribution in [0.5, 0.6) is 0 Å². The molecule has 6 nitrogen and oxygen atoms in total. The smallest absolute Gasteiger partial charge is 0.747 e. The molecule has 0 unspecified atom stereocenters. The first-order valence-corrected chi connectivity index (χ1v) is 11.5. The normalized spacial score (nSPS) is 10.4. The number of fused-ring (bicyclic) bond motifs is 2. The van der Waals surface area contributed by atoms with Crippen molar-refractivity contribution in [2.24, 2.45) is 0 Å². The van der Waals surface area contributed by atoms with Crippen molar-refractivity contribution in [3.05, 3.63) is 97.1 Å². The average molecular weight is 476 g/mol. The molecule has 0 N–H and O–H groups in total. The van der Waals surface area contributed by atoms with Gasteiger partial charge in [-0.25, -0.2) is 16.8 Å². The molecule has 0 aromatic heterocycles. The van der Waals surface area contributed by atoms with Crippen LogP contribution in [0.15, 0.2) is 97.1 Å². The maximum absolute atomic E-state index is 9.51. The summed E-state index contributed by atoms with van der Waals surface area (Å²) in [6.07, 6.45) is 0. The molecule has 10 heteroatoms. The molecule has 4 aromatic carbocycles. The second-order valence-electron chi connectivity index (χ2n) is 5.93. The molecule has 4 aromatic rings. The third-order valence-corrected chi connectivity index (χ3v) is 5.92. The Kier molecular flexibility index (Phi) is 14.0. The van der Waals surface area contributed by atoms with Crippen molar-refractivity contribution in [1.82, 2.24) is 0 Å². The van der Waals surface area contributed by atoms with Crippen molar-refractivity contribution in [2.45, 2.75) is 0 Å². The third kappa shape index (κ3) is 12.7. The van der Waals surface area contributed by atoms with Crippen LogP contribution in [0.25, 0.3) is 21.5 Å². The molecular formula is C21H18Na2O6S2. The largest absolute Gasteiger partial charge is 1.00 e. The fourth-order valence-corrected chi connectivity index (χ4v) is 3.86. The monoisotopic (exact) mass is 476 g/mol. The number of hydrogen-bond acceptors (Lipinski definition) is 6. The summed E-state index contributed by atoms with van der Waals surface area (Å²) in [5.41, 5.74) is 0. The van der Waals surface area contributed by atoms with E-state index in [1.165, 1.54) is 21.5 Å². The van der Waals surface area contributed by atoms with Gasteiger partial charge in [0.25, 0.3) is 0 Å². The van der Waals surface area contributed by atoms with Crippen LogP contribution in [0.3, 0.4) is 0 Å². The second kappa shape index (κ2) is 14.4. The summed E-state index contributed by atoms with van der Waals surface area (Å²) in [5.74, 6) is 0. The molecule has 0 aliphatic heterocycles. The van der Waals surface area contributed by atoms with Gasteiger partial charge < -0.3 is 9.11 Å². The molecule has 0 aliphatic carbocycles. The molecule has 0 fully saturated rings. The van der Waals surface area contributed by atoms with Crippen LogP contribution in [-0.4, -0.2) is 31.0 Å². The van der Waals surface area contributed by atoms with Gasteiger partial charge in [-0.2, -0.15) is 0 Å². The van der Waals surface area contributed by atoms with E-state index in [4.69, 9.17) is 0 Å². The molecular weight excluding hydrogens is 458 g/mol. The Hall–Kier alpha value is -0.780. The summed E-state index contributed by atoms with van der Waals surface area (Å²) in [4.78, 5) is 0. The predicted octanol–water partition coefficient (Wildman–Crippen LogP) is -2.28. The van der Waals surface area contributed by atoms with Gasteiger partial charge in [0, 0.05) is 0 Å². The van der Waals surface area contributed by atoms with Crippen molar-refractivity contribution in [3.8, 4) is 0 Å². The molecule has 0 heterocycles. The molecule has 0 aliphatic rings. The Morgan fingerprint density at radius 2 is 0.613 bits per heavy atom. The molecule has 0 bridgehead atoms. The van der Waals surface area contributed by atoms with Gasteiger partial charge in [0.2, 0.25) is 0 Å². The van der Waals surface area contributed by atoms with E-state index in [9.17, 15) is 25.9 Å². The van der Waals surface area contributed by atoms with Crippen LogP contribution in [0, 0.1) is 0 Å². The Morgan fingerprint density at radius 3 is 0.710 bits per heavy atom. The molecule has 0 atom stereocenters. The van der Waals surface area contributed by atoms with E-state index >= 15 is 0 Å². The van der Waals surface area contributed by atoms with Gasteiger partial charge in [0.15, 0.2) is 0 Å². The molecule has 0 radical (unpaired) electrons. The topological polar surface area (TPSA) is 114 Å². The molecule has 152 valence electrons. The second-order valence-corrected chi connectivity index (χ2v) is 9.10. The third-order valence-electron chi connectivity index (χ3n) is 3.61. The summed E-state index contributed by atoms with van der Waals surface area (Å²) >= 11 is 0. The van der Waals surface area contributed by atoms with Gasteiger partial charge in [-0.05, 0) is 21.5 Å². The van der Waals surface area contributed by atoms with Crippen molar-refractivity contribution >= 4 is 41.8 Å². The van der Waals surface area contributed by atoms with Gasteiger partial charge in [-0.1, -0.05) is 97.1 Å². The Bertz CT molecular complexity index is 1060. The first kappa shape index (κ1) is 30.2. The van der Waals surface area contributed by atoms with Crippen LogP contribution in [0.1, 0.15) is 0 Å². The van der Waals surface area contributed by atoms with Gasteiger partial charge in [-0.15, -0.1) is 0 Å². The van der Waals surface area contributed by atoms with E-state index in [-0.39, 0.29) is 59.1 Å². The summed E-state index contributed by atoms with van der Waals surface area (Å²) in [7, 11) is -9.86. The zero-order valence-electron chi connectivity index (χ0n) is 17.2. The molecule has 0 saturated carbocycles. The Labute approximate surface area is 226 Å². The van der Waals surface area contributed by atoms with E-state index in [1.807, 2.05) is 0 Å². The van der Waals surface area contributed by atoms with Crippen molar-refractivity contribution in [1.29, 1.82) is 0 Å². The van der Waals surface area contributed by atoms with Crippen LogP contribution in [0.4, 0.5) is 0 Å². The Balaban J connectivity index is 0.000000423. The zero-order valence-corrected chi connectivity index (χ0v) is 22.8. The van der Waals surface area contributed by atoms with E-state index in [0.29, 0.717) is 0 Å². The molecule has 0 amide bonds. The van der Waals surface area contributed by atoms with Crippen LogP contribution < -0.4 is 59.1 Å². The molecule has 0 spiro atoms. The average Bonchev–Trinajstić information content (AvgIpc) is 2.66. The van der Waals surface area contributed by atoms with Crippen LogP contribution >= 0.6 is 0 Å². The Morgan fingerprint density at radius 1 is 0.452 bits per heavy atom. The van der Waals surface area contributed by atoms with E-state index < -0.39 is 25.3 Å². The standard InChI is InChI=1S/2C10H8.CH4O6S2.2Na/c2*1-2-6-10-8-4-3-7-9(10)5-1;2-8(3,4)1-9(5,6)7;;/h2*1-8H;1H2,(H,2,3,4)(H,5,6,7);;/q;;;2*+1/p-2. The van der Waals surface area contributed by atoms with Gasteiger partial charge in [0.1, 0.15) is 25.3 Å². The van der Waals surface area contributed by atoms with Gasteiger partial charge in [-0.3, -0.25) is 0 Å². The minimum atomic E-state index is -4.93. The zero-order chi connectivity index (χ0) is 21.3. The van der Waals surface area contributed by atoms with Crippen molar-refractivity contribution in [3.63, 3.8) is 0 Å². The van der Waals surface area contributed by atoms with Gasteiger partial charge >= 0.3 is 59.1 Å². The fourth-order valence-electron chi connectivity index (χ4n) is 2.44.